The molecule has 0 aromatic heterocycles. The summed E-state index contributed by atoms with van der Waals surface area (Å²) in [6.45, 7) is 5.57. The van der Waals surface area contributed by atoms with Gasteiger partial charge in [-0.15, -0.1) is 0 Å². The van der Waals surface area contributed by atoms with E-state index in [4.69, 9.17) is 9.47 Å². The van der Waals surface area contributed by atoms with Crippen LogP contribution in [0.1, 0.15) is 33.1 Å². The van der Waals surface area contributed by atoms with Crippen molar-refractivity contribution in [3.8, 4) is 0 Å². The maximum atomic E-state index is 5.73. The van der Waals surface area contributed by atoms with Crippen LogP contribution in [0.3, 0.4) is 0 Å². The van der Waals surface area contributed by atoms with E-state index < -0.39 is 0 Å². The van der Waals surface area contributed by atoms with Crippen molar-refractivity contribution in [2.75, 3.05) is 13.7 Å². The highest BCUT2D eigenvalue weighted by molar-refractivity contribution is 4.95. The number of hydrogen-bond acceptors (Lipinski definition) is 2. The Morgan fingerprint density at radius 2 is 2.08 bits per heavy atom. The van der Waals surface area contributed by atoms with Crippen LogP contribution in [-0.4, -0.2) is 19.5 Å². The van der Waals surface area contributed by atoms with Gasteiger partial charge in [0.2, 0.25) is 0 Å². The quantitative estimate of drug-likeness (QED) is 0.600. The summed E-state index contributed by atoms with van der Waals surface area (Å²) in [5.41, 5.74) is 0.457. The molecular formula is C10H18O2. The molecule has 1 saturated carbocycles. The molecule has 1 aliphatic carbocycles. The fourth-order valence-corrected chi connectivity index (χ4v) is 2.38. The monoisotopic (exact) mass is 170 g/mol. The SMILES string of the molecule is COC12CCC(C)(C)C(CO1)C2. The third-order valence-electron chi connectivity index (χ3n) is 3.73. The molecule has 2 rings (SSSR count). The Morgan fingerprint density at radius 1 is 1.33 bits per heavy atom. The molecule has 0 aromatic rings. The standard InChI is InChI=1S/C10H18O2/c1-9(2)4-5-10(11-3)6-8(9)7-12-10/h8H,4-7H2,1-3H3. The summed E-state index contributed by atoms with van der Waals surface area (Å²) in [6, 6.07) is 0. The Balaban J connectivity index is 2.16. The summed E-state index contributed by atoms with van der Waals surface area (Å²) in [4.78, 5) is 0. The van der Waals surface area contributed by atoms with Crippen LogP contribution < -0.4 is 0 Å². The van der Waals surface area contributed by atoms with Gasteiger partial charge in [0.1, 0.15) is 0 Å². The third-order valence-corrected chi connectivity index (χ3v) is 3.73. The first kappa shape index (κ1) is 8.52. The smallest absolute Gasteiger partial charge is 0.168 e. The van der Waals surface area contributed by atoms with Gasteiger partial charge in [0.15, 0.2) is 5.79 Å². The van der Waals surface area contributed by atoms with Crippen LogP contribution in [0, 0.1) is 11.3 Å². The summed E-state index contributed by atoms with van der Waals surface area (Å²) in [6.07, 6.45) is 3.38. The summed E-state index contributed by atoms with van der Waals surface area (Å²) in [5.74, 6) is 0.492. The number of hydrogen-bond donors (Lipinski definition) is 0. The highest BCUT2D eigenvalue weighted by Gasteiger charge is 2.50. The minimum Gasteiger partial charge on any atom is -0.353 e. The van der Waals surface area contributed by atoms with Crippen LogP contribution >= 0.6 is 0 Å². The normalized spacial score (nSPS) is 44.8. The molecule has 1 heterocycles. The van der Waals surface area contributed by atoms with Crippen molar-refractivity contribution in [3.63, 3.8) is 0 Å². The molecule has 2 aliphatic rings. The first-order valence-electron chi connectivity index (χ1n) is 4.77. The number of fused-ring (bicyclic) bond motifs is 2. The topological polar surface area (TPSA) is 18.5 Å². The average Bonchev–Trinajstić information content (AvgIpc) is 2.42. The van der Waals surface area contributed by atoms with E-state index in [9.17, 15) is 0 Å². The van der Waals surface area contributed by atoms with Crippen molar-refractivity contribution in [3.05, 3.63) is 0 Å². The molecular weight excluding hydrogens is 152 g/mol. The van der Waals surface area contributed by atoms with Gasteiger partial charge in [0.05, 0.1) is 6.61 Å². The van der Waals surface area contributed by atoms with E-state index in [0.717, 1.165) is 19.4 Å². The van der Waals surface area contributed by atoms with Crippen LogP contribution in [-0.2, 0) is 9.47 Å². The van der Waals surface area contributed by atoms with Gasteiger partial charge in [-0.05, 0) is 17.8 Å². The fraction of sp³-hybridized carbons (Fsp3) is 1.00. The van der Waals surface area contributed by atoms with Gasteiger partial charge in [0, 0.05) is 20.0 Å². The van der Waals surface area contributed by atoms with E-state index in [0.29, 0.717) is 11.3 Å². The first-order valence-corrected chi connectivity index (χ1v) is 4.77. The molecule has 1 aliphatic heterocycles. The van der Waals surface area contributed by atoms with Crippen molar-refractivity contribution in [1.82, 2.24) is 0 Å². The molecule has 0 aromatic carbocycles. The molecule has 0 spiro atoms. The minimum atomic E-state index is -0.208. The number of ether oxygens (including phenoxy) is 2. The van der Waals surface area contributed by atoms with Crippen molar-refractivity contribution in [2.45, 2.75) is 38.9 Å². The minimum absolute atomic E-state index is 0.208. The molecule has 12 heavy (non-hydrogen) atoms. The predicted molar refractivity (Wildman–Crippen MR) is 46.8 cm³/mol. The van der Waals surface area contributed by atoms with Crippen LogP contribution in [0.15, 0.2) is 0 Å². The van der Waals surface area contributed by atoms with Crippen LogP contribution in [0.2, 0.25) is 0 Å². The second-order valence-corrected chi connectivity index (χ2v) is 4.82. The number of methoxy groups -OCH3 is 1. The highest BCUT2D eigenvalue weighted by Crippen LogP contribution is 2.51. The highest BCUT2D eigenvalue weighted by atomic mass is 16.7. The van der Waals surface area contributed by atoms with E-state index in [1.807, 2.05) is 0 Å². The van der Waals surface area contributed by atoms with Gasteiger partial charge in [-0.2, -0.15) is 0 Å². The maximum Gasteiger partial charge on any atom is 0.168 e. The van der Waals surface area contributed by atoms with Gasteiger partial charge >= 0.3 is 0 Å². The molecule has 2 atom stereocenters. The summed E-state index contributed by atoms with van der Waals surface area (Å²) in [7, 11) is 1.76. The molecule has 0 N–H and O–H groups in total. The third kappa shape index (κ3) is 1.09. The van der Waals surface area contributed by atoms with Crippen molar-refractivity contribution in [2.24, 2.45) is 11.3 Å². The lowest BCUT2D eigenvalue weighted by Gasteiger charge is -2.39. The summed E-state index contributed by atoms with van der Waals surface area (Å²) < 4.78 is 11.2. The Hall–Kier alpha value is -0.0800. The lowest BCUT2D eigenvalue weighted by molar-refractivity contribution is -0.202. The molecule has 70 valence electrons. The molecule has 2 nitrogen and oxygen atoms in total. The molecule has 1 saturated heterocycles. The van der Waals surface area contributed by atoms with E-state index >= 15 is 0 Å². The molecule has 2 heteroatoms. The Bertz CT molecular complexity index is 188. The number of rotatable bonds is 1. The first-order chi connectivity index (χ1) is 5.58. The molecule has 2 unspecified atom stereocenters. The van der Waals surface area contributed by atoms with Gasteiger partial charge in [-0.1, -0.05) is 13.8 Å². The Labute approximate surface area is 74.2 Å². The van der Waals surface area contributed by atoms with Crippen LogP contribution in [0.5, 0.6) is 0 Å². The second-order valence-electron chi connectivity index (χ2n) is 4.82. The van der Waals surface area contributed by atoms with Gasteiger partial charge < -0.3 is 9.47 Å². The largest absolute Gasteiger partial charge is 0.353 e. The average molecular weight is 170 g/mol. The molecule has 2 bridgehead atoms. The van der Waals surface area contributed by atoms with Crippen molar-refractivity contribution in [1.29, 1.82) is 0 Å². The Kier molecular flexibility index (Phi) is 1.74. The van der Waals surface area contributed by atoms with E-state index in [-0.39, 0.29) is 5.79 Å². The molecule has 0 amide bonds. The zero-order chi connectivity index (χ0) is 8.82. The molecule has 2 fully saturated rings. The lowest BCUT2D eigenvalue weighted by atomic mass is 9.69. The second kappa shape index (κ2) is 2.46. The van der Waals surface area contributed by atoms with E-state index in [2.05, 4.69) is 13.8 Å². The van der Waals surface area contributed by atoms with Gasteiger partial charge in [-0.3, -0.25) is 0 Å². The predicted octanol–water partition coefficient (Wildman–Crippen LogP) is 2.19. The Morgan fingerprint density at radius 3 is 2.75 bits per heavy atom. The van der Waals surface area contributed by atoms with Crippen molar-refractivity contribution >= 4 is 0 Å². The lowest BCUT2D eigenvalue weighted by Crippen LogP contribution is -2.38. The molecule has 0 radical (unpaired) electrons. The summed E-state index contributed by atoms with van der Waals surface area (Å²) in [5, 5.41) is 0. The van der Waals surface area contributed by atoms with Crippen molar-refractivity contribution < 1.29 is 9.47 Å². The zero-order valence-corrected chi connectivity index (χ0v) is 8.22. The van der Waals surface area contributed by atoms with E-state index in [1.54, 1.807) is 7.11 Å². The fourth-order valence-electron chi connectivity index (χ4n) is 2.38. The maximum absolute atomic E-state index is 5.73. The van der Waals surface area contributed by atoms with Crippen LogP contribution in [0.25, 0.3) is 0 Å². The zero-order valence-electron chi connectivity index (χ0n) is 8.22. The van der Waals surface area contributed by atoms with Gasteiger partial charge in [0.25, 0.3) is 0 Å². The van der Waals surface area contributed by atoms with Gasteiger partial charge in [-0.25, -0.2) is 0 Å². The van der Waals surface area contributed by atoms with E-state index in [1.165, 1.54) is 6.42 Å². The summed E-state index contributed by atoms with van der Waals surface area (Å²) >= 11 is 0. The van der Waals surface area contributed by atoms with Crippen LogP contribution in [0.4, 0.5) is 0 Å².